The van der Waals surface area contributed by atoms with E-state index in [2.05, 4.69) is 33.8 Å². The lowest BCUT2D eigenvalue weighted by atomic mass is 10.2. The van der Waals surface area contributed by atoms with E-state index in [1.165, 1.54) is 23.0 Å². The number of nitrogen functional groups attached to an aromatic ring is 1. The highest BCUT2D eigenvalue weighted by molar-refractivity contribution is 7.98. The molecule has 0 saturated carbocycles. The molecule has 2 heterocycles. The van der Waals surface area contributed by atoms with Crippen LogP contribution in [0.5, 0.6) is 0 Å². The van der Waals surface area contributed by atoms with Crippen molar-refractivity contribution in [1.29, 1.82) is 0 Å². The van der Waals surface area contributed by atoms with E-state index in [4.69, 9.17) is 5.73 Å². The number of thioether (sulfide) groups is 1. The third kappa shape index (κ3) is 3.04. The second-order valence-corrected chi connectivity index (χ2v) is 5.34. The van der Waals surface area contributed by atoms with Gasteiger partial charge < -0.3 is 10.6 Å². The maximum atomic E-state index is 5.81. The number of hydrogen-bond acceptors (Lipinski definition) is 6. The summed E-state index contributed by atoms with van der Waals surface area (Å²) in [6.07, 6.45) is 3.85. The Labute approximate surface area is 123 Å². The number of hydrogen-bond donors (Lipinski definition) is 1. The lowest BCUT2D eigenvalue weighted by molar-refractivity contribution is 0.638. The van der Waals surface area contributed by atoms with Gasteiger partial charge in [-0.15, -0.1) is 0 Å². The predicted octanol–water partition coefficient (Wildman–Crippen LogP) is 1.94. The van der Waals surface area contributed by atoms with Crippen molar-refractivity contribution in [3.63, 3.8) is 0 Å². The van der Waals surface area contributed by atoms with Crippen LogP contribution in [0.1, 0.15) is 18.2 Å². The van der Waals surface area contributed by atoms with Crippen molar-refractivity contribution in [2.75, 3.05) is 23.9 Å². The normalized spacial score (nSPS) is 10.8. The molecule has 0 radical (unpaired) electrons. The monoisotopic (exact) mass is 292 g/mol. The summed E-state index contributed by atoms with van der Waals surface area (Å²) < 4.78 is 1.99. The van der Waals surface area contributed by atoms with Crippen LogP contribution in [0.4, 0.5) is 11.6 Å². The molecule has 0 aliphatic rings. The van der Waals surface area contributed by atoms with Gasteiger partial charge in [0.25, 0.3) is 0 Å². The third-order valence-electron chi connectivity index (χ3n) is 3.20. The van der Waals surface area contributed by atoms with Crippen molar-refractivity contribution in [2.24, 2.45) is 0 Å². The number of rotatable bonds is 5. The van der Waals surface area contributed by atoms with Crippen molar-refractivity contribution in [3.05, 3.63) is 23.5 Å². The van der Waals surface area contributed by atoms with Gasteiger partial charge in [0.1, 0.15) is 11.6 Å². The van der Waals surface area contributed by atoms with Crippen LogP contribution in [0.15, 0.2) is 17.4 Å². The first kappa shape index (κ1) is 14.6. The smallest absolute Gasteiger partial charge is 0.191 e. The molecule has 108 valence electrons. The van der Waals surface area contributed by atoms with E-state index in [1.54, 1.807) is 6.07 Å². The van der Waals surface area contributed by atoms with E-state index in [9.17, 15) is 0 Å². The quantitative estimate of drug-likeness (QED) is 0.670. The van der Waals surface area contributed by atoms with Gasteiger partial charge in [0.05, 0.1) is 6.20 Å². The second kappa shape index (κ2) is 6.13. The van der Waals surface area contributed by atoms with Gasteiger partial charge in [-0.3, -0.25) is 4.68 Å². The molecule has 7 heteroatoms. The van der Waals surface area contributed by atoms with Gasteiger partial charge >= 0.3 is 0 Å². The molecule has 2 aromatic heterocycles. The van der Waals surface area contributed by atoms with Crippen LogP contribution < -0.4 is 10.6 Å². The van der Waals surface area contributed by atoms with E-state index in [-0.39, 0.29) is 0 Å². The molecule has 0 saturated heterocycles. The minimum Gasteiger partial charge on any atom is -0.383 e. The van der Waals surface area contributed by atoms with Crippen LogP contribution in [-0.2, 0) is 13.1 Å². The molecule has 0 aromatic carbocycles. The number of anilines is 2. The zero-order chi connectivity index (χ0) is 14.7. The van der Waals surface area contributed by atoms with Crippen molar-refractivity contribution >= 4 is 23.4 Å². The molecule has 2 aromatic rings. The van der Waals surface area contributed by atoms with E-state index in [0.717, 1.165) is 18.9 Å². The van der Waals surface area contributed by atoms with Crippen LogP contribution in [0.3, 0.4) is 0 Å². The standard InChI is InChI=1S/C13H20N6S/c1-5-19-9(2)10(7-15-19)8-18(3)12-6-11(14)16-13(17-12)20-4/h6-7H,5,8H2,1-4H3,(H2,14,16,17). The van der Waals surface area contributed by atoms with Crippen molar-refractivity contribution in [1.82, 2.24) is 19.7 Å². The van der Waals surface area contributed by atoms with Gasteiger partial charge in [-0.25, -0.2) is 9.97 Å². The Bertz CT molecular complexity index is 595. The molecule has 0 spiro atoms. The van der Waals surface area contributed by atoms with Gasteiger partial charge in [0, 0.05) is 37.5 Å². The molecule has 0 aliphatic carbocycles. The summed E-state index contributed by atoms with van der Waals surface area (Å²) in [5.74, 6) is 1.32. The van der Waals surface area contributed by atoms with Gasteiger partial charge in [0.15, 0.2) is 5.16 Å². The number of nitrogens with two attached hydrogens (primary N) is 1. The lowest BCUT2D eigenvalue weighted by Crippen LogP contribution is -2.19. The largest absolute Gasteiger partial charge is 0.383 e. The minimum atomic E-state index is 0.493. The molecule has 0 fully saturated rings. The van der Waals surface area contributed by atoms with Gasteiger partial charge in [-0.05, 0) is 20.1 Å². The first-order chi connectivity index (χ1) is 9.55. The maximum absolute atomic E-state index is 5.81. The Morgan fingerprint density at radius 3 is 2.75 bits per heavy atom. The SMILES string of the molecule is CCn1ncc(CN(C)c2cc(N)nc(SC)n2)c1C. The molecule has 0 bridgehead atoms. The Morgan fingerprint density at radius 1 is 1.40 bits per heavy atom. The highest BCUT2D eigenvalue weighted by atomic mass is 32.2. The Kier molecular flexibility index (Phi) is 4.49. The topological polar surface area (TPSA) is 72.9 Å². The zero-order valence-electron chi connectivity index (χ0n) is 12.3. The molecule has 0 aliphatic heterocycles. The van der Waals surface area contributed by atoms with Gasteiger partial charge in [0.2, 0.25) is 0 Å². The van der Waals surface area contributed by atoms with Crippen molar-refractivity contribution in [2.45, 2.75) is 32.1 Å². The van der Waals surface area contributed by atoms with E-state index in [0.29, 0.717) is 11.0 Å². The zero-order valence-corrected chi connectivity index (χ0v) is 13.1. The highest BCUT2D eigenvalue weighted by Crippen LogP contribution is 2.20. The fraction of sp³-hybridized carbons (Fsp3) is 0.462. The van der Waals surface area contributed by atoms with Gasteiger partial charge in [-0.2, -0.15) is 5.10 Å². The first-order valence-corrected chi connectivity index (χ1v) is 7.68. The van der Waals surface area contributed by atoms with E-state index < -0.39 is 0 Å². The average Bonchev–Trinajstić information content (AvgIpc) is 2.78. The molecule has 2 rings (SSSR count). The van der Waals surface area contributed by atoms with Gasteiger partial charge in [-0.1, -0.05) is 11.8 Å². The second-order valence-electron chi connectivity index (χ2n) is 4.56. The van der Waals surface area contributed by atoms with E-state index in [1.807, 2.05) is 24.2 Å². The van der Waals surface area contributed by atoms with Crippen LogP contribution in [0.2, 0.25) is 0 Å². The molecule has 0 amide bonds. The van der Waals surface area contributed by atoms with Crippen LogP contribution in [0, 0.1) is 6.92 Å². The fourth-order valence-electron chi connectivity index (χ4n) is 2.01. The number of nitrogens with zero attached hydrogens (tertiary/aromatic N) is 5. The summed E-state index contributed by atoms with van der Waals surface area (Å²) in [5, 5.41) is 5.05. The molecule has 2 N–H and O–H groups in total. The molecular formula is C13H20N6S. The summed E-state index contributed by atoms with van der Waals surface area (Å²) in [6, 6.07) is 1.79. The van der Waals surface area contributed by atoms with Crippen LogP contribution >= 0.6 is 11.8 Å². The molecule has 20 heavy (non-hydrogen) atoms. The minimum absolute atomic E-state index is 0.493. The van der Waals surface area contributed by atoms with Crippen LogP contribution in [-0.4, -0.2) is 33.1 Å². The summed E-state index contributed by atoms with van der Waals surface area (Å²) >= 11 is 1.49. The molecule has 0 unspecified atom stereocenters. The Morgan fingerprint density at radius 2 is 2.15 bits per heavy atom. The number of aryl methyl sites for hydroxylation is 1. The molecular weight excluding hydrogens is 272 g/mol. The highest BCUT2D eigenvalue weighted by Gasteiger charge is 2.11. The summed E-state index contributed by atoms with van der Waals surface area (Å²) in [6.45, 7) is 5.80. The van der Waals surface area contributed by atoms with Crippen molar-refractivity contribution < 1.29 is 0 Å². The van der Waals surface area contributed by atoms with E-state index >= 15 is 0 Å². The summed E-state index contributed by atoms with van der Waals surface area (Å²) in [7, 11) is 1.99. The Hall–Kier alpha value is -1.76. The van der Waals surface area contributed by atoms with Crippen LogP contribution in [0.25, 0.3) is 0 Å². The Balaban J connectivity index is 2.21. The summed E-state index contributed by atoms with van der Waals surface area (Å²) in [4.78, 5) is 10.7. The molecule has 0 atom stereocenters. The number of aromatic nitrogens is 4. The van der Waals surface area contributed by atoms with Crippen molar-refractivity contribution in [3.8, 4) is 0 Å². The summed E-state index contributed by atoms with van der Waals surface area (Å²) in [5.41, 5.74) is 8.19. The first-order valence-electron chi connectivity index (χ1n) is 6.46. The molecule has 6 nitrogen and oxygen atoms in total. The lowest BCUT2D eigenvalue weighted by Gasteiger charge is -2.18. The predicted molar refractivity (Wildman–Crippen MR) is 83.0 cm³/mol. The fourth-order valence-corrected chi connectivity index (χ4v) is 2.39. The average molecular weight is 292 g/mol. The third-order valence-corrected chi connectivity index (χ3v) is 3.75. The maximum Gasteiger partial charge on any atom is 0.191 e.